The van der Waals surface area contributed by atoms with E-state index in [-0.39, 0.29) is 12.4 Å². The minimum atomic E-state index is -3.01. The first-order valence-electron chi connectivity index (χ1n) is 8.19. The van der Waals surface area contributed by atoms with Crippen LogP contribution in [-0.4, -0.2) is 48.2 Å². The van der Waals surface area contributed by atoms with Crippen LogP contribution in [0, 0.1) is 0 Å². The maximum Gasteiger partial charge on any atom is 0.152 e. The third-order valence-electron chi connectivity index (χ3n) is 4.06. The quantitative estimate of drug-likeness (QED) is 0.643. The van der Waals surface area contributed by atoms with Gasteiger partial charge in [-0.25, -0.2) is 18.4 Å². The van der Waals surface area contributed by atoms with Crippen LogP contribution in [0.2, 0.25) is 0 Å². The minimum absolute atomic E-state index is 0.0259. The minimum Gasteiger partial charge on any atom is -0.382 e. The maximum absolute atomic E-state index is 11.2. The van der Waals surface area contributed by atoms with Gasteiger partial charge in [0.15, 0.2) is 5.82 Å². The first-order chi connectivity index (χ1) is 11.9. The van der Waals surface area contributed by atoms with E-state index in [0.717, 1.165) is 28.7 Å². The monoisotopic (exact) mass is 362 g/mol. The molecule has 0 saturated carbocycles. The van der Waals surface area contributed by atoms with Gasteiger partial charge in [-0.1, -0.05) is 25.1 Å². The topological polar surface area (TPSA) is 100 Å². The van der Waals surface area contributed by atoms with Crippen LogP contribution < -0.4 is 5.73 Å². The van der Waals surface area contributed by atoms with Crippen molar-refractivity contribution < 1.29 is 13.2 Å². The zero-order valence-electron chi connectivity index (χ0n) is 14.4. The van der Waals surface area contributed by atoms with Crippen LogP contribution in [0.4, 0.5) is 5.82 Å². The molecule has 0 saturated heterocycles. The number of hydrogen-bond acceptors (Lipinski definition) is 6. The molecular formula is C17H22N4O3S. The van der Waals surface area contributed by atoms with Crippen LogP contribution in [0.3, 0.4) is 0 Å². The van der Waals surface area contributed by atoms with E-state index in [0.29, 0.717) is 24.5 Å². The molecule has 0 radical (unpaired) electrons. The standard InChI is InChI=1S/C17H22N4O3S/c1-3-14-20-15-16(12-6-4-5-7-13(12)19-17(15)18)21(14)8-9-24-10-11-25(2,22)23/h4-7H,3,8-11H2,1-2H3,(H2,18,19). The van der Waals surface area contributed by atoms with Crippen molar-refractivity contribution in [2.24, 2.45) is 0 Å². The second-order valence-electron chi connectivity index (χ2n) is 5.99. The number of nitrogens with zero attached hydrogens (tertiary/aromatic N) is 3. The number of ether oxygens (including phenoxy) is 1. The van der Waals surface area contributed by atoms with Crippen molar-refractivity contribution in [3.8, 4) is 0 Å². The van der Waals surface area contributed by atoms with E-state index in [4.69, 9.17) is 10.5 Å². The number of nitrogen functional groups attached to an aromatic ring is 1. The van der Waals surface area contributed by atoms with E-state index in [1.54, 1.807) is 0 Å². The summed E-state index contributed by atoms with van der Waals surface area (Å²) in [4.78, 5) is 9.08. The fourth-order valence-electron chi connectivity index (χ4n) is 2.88. The molecule has 0 aliphatic rings. The van der Waals surface area contributed by atoms with Gasteiger partial charge < -0.3 is 15.0 Å². The van der Waals surface area contributed by atoms with Crippen molar-refractivity contribution in [2.45, 2.75) is 19.9 Å². The number of pyridine rings is 1. The highest BCUT2D eigenvalue weighted by Crippen LogP contribution is 2.28. The number of nitrogens with two attached hydrogens (primary N) is 1. The Hall–Kier alpha value is -2.19. The van der Waals surface area contributed by atoms with E-state index >= 15 is 0 Å². The molecular weight excluding hydrogens is 340 g/mol. The zero-order valence-corrected chi connectivity index (χ0v) is 15.2. The molecule has 2 heterocycles. The third kappa shape index (κ3) is 3.74. The lowest BCUT2D eigenvalue weighted by Crippen LogP contribution is -2.14. The summed E-state index contributed by atoms with van der Waals surface area (Å²) < 4.78 is 29.9. The summed E-state index contributed by atoms with van der Waals surface area (Å²) in [6.45, 7) is 3.22. The van der Waals surface area contributed by atoms with Gasteiger partial charge in [-0.2, -0.15) is 0 Å². The number of rotatable bonds is 7. The molecule has 0 atom stereocenters. The fourth-order valence-corrected chi connectivity index (χ4v) is 3.30. The van der Waals surface area contributed by atoms with Crippen molar-refractivity contribution in [1.82, 2.24) is 14.5 Å². The van der Waals surface area contributed by atoms with E-state index in [9.17, 15) is 8.42 Å². The summed E-state index contributed by atoms with van der Waals surface area (Å²) in [6, 6.07) is 7.82. The first-order valence-corrected chi connectivity index (χ1v) is 10.3. The van der Waals surface area contributed by atoms with Crippen LogP contribution in [-0.2, 0) is 27.5 Å². The molecule has 0 bridgehead atoms. The zero-order chi connectivity index (χ0) is 18.0. The Morgan fingerprint density at radius 3 is 2.68 bits per heavy atom. The SMILES string of the molecule is CCc1nc2c(N)nc3ccccc3c2n1CCOCCS(C)(=O)=O. The molecule has 7 nitrogen and oxygen atoms in total. The molecule has 0 aliphatic heterocycles. The number of para-hydroxylation sites is 1. The molecule has 0 aliphatic carbocycles. The van der Waals surface area contributed by atoms with Crippen LogP contribution in [0.5, 0.6) is 0 Å². The number of hydrogen-bond donors (Lipinski definition) is 1. The molecule has 2 aromatic heterocycles. The van der Waals surface area contributed by atoms with Crippen LogP contribution in [0.15, 0.2) is 24.3 Å². The van der Waals surface area contributed by atoms with Crippen molar-refractivity contribution in [2.75, 3.05) is 31.0 Å². The smallest absolute Gasteiger partial charge is 0.152 e. The van der Waals surface area contributed by atoms with Crippen molar-refractivity contribution in [3.63, 3.8) is 0 Å². The van der Waals surface area contributed by atoms with E-state index in [1.807, 2.05) is 31.2 Å². The van der Waals surface area contributed by atoms with Gasteiger partial charge in [-0.05, 0) is 6.07 Å². The molecule has 1 aromatic carbocycles. The number of benzene rings is 1. The predicted octanol–water partition coefficient (Wildman–Crippen LogP) is 1.79. The Bertz CT molecular complexity index is 1010. The van der Waals surface area contributed by atoms with Gasteiger partial charge in [0.05, 0.1) is 30.0 Å². The highest BCUT2D eigenvalue weighted by Gasteiger charge is 2.16. The molecule has 0 fully saturated rings. The number of aryl methyl sites for hydroxylation is 1. The van der Waals surface area contributed by atoms with Gasteiger partial charge in [-0.3, -0.25) is 0 Å². The van der Waals surface area contributed by atoms with Crippen LogP contribution in [0.1, 0.15) is 12.7 Å². The lowest BCUT2D eigenvalue weighted by atomic mass is 10.2. The van der Waals surface area contributed by atoms with Gasteiger partial charge >= 0.3 is 0 Å². The second-order valence-corrected chi connectivity index (χ2v) is 8.25. The summed E-state index contributed by atoms with van der Waals surface area (Å²) in [5, 5.41) is 0.995. The van der Waals surface area contributed by atoms with Gasteiger partial charge in [0.25, 0.3) is 0 Å². The van der Waals surface area contributed by atoms with Gasteiger partial charge in [0, 0.05) is 24.6 Å². The Kier molecular flexibility index (Phi) is 4.91. The molecule has 8 heteroatoms. The van der Waals surface area contributed by atoms with E-state index in [1.165, 1.54) is 6.26 Å². The predicted molar refractivity (Wildman–Crippen MR) is 99.4 cm³/mol. The highest BCUT2D eigenvalue weighted by molar-refractivity contribution is 7.90. The average molecular weight is 362 g/mol. The molecule has 3 aromatic rings. The summed E-state index contributed by atoms with van der Waals surface area (Å²) in [7, 11) is -3.01. The van der Waals surface area contributed by atoms with Crippen LogP contribution in [0.25, 0.3) is 21.9 Å². The van der Waals surface area contributed by atoms with Crippen molar-refractivity contribution >= 4 is 37.6 Å². The summed E-state index contributed by atoms with van der Waals surface area (Å²) in [6.07, 6.45) is 1.96. The number of anilines is 1. The average Bonchev–Trinajstić information content (AvgIpc) is 2.93. The number of imidazole rings is 1. The van der Waals surface area contributed by atoms with Gasteiger partial charge in [0.2, 0.25) is 0 Å². The van der Waals surface area contributed by atoms with E-state index < -0.39 is 9.84 Å². The second kappa shape index (κ2) is 6.97. The van der Waals surface area contributed by atoms with Crippen molar-refractivity contribution in [1.29, 1.82) is 0 Å². The van der Waals surface area contributed by atoms with Crippen LogP contribution >= 0.6 is 0 Å². The number of sulfone groups is 1. The highest BCUT2D eigenvalue weighted by atomic mass is 32.2. The lowest BCUT2D eigenvalue weighted by Gasteiger charge is -2.10. The Balaban J connectivity index is 1.93. The molecule has 25 heavy (non-hydrogen) atoms. The maximum atomic E-state index is 11.2. The molecule has 0 amide bonds. The van der Waals surface area contributed by atoms with Gasteiger partial charge in [-0.15, -0.1) is 0 Å². The molecule has 0 spiro atoms. The summed E-state index contributed by atoms with van der Waals surface area (Å²) in [5.74, 6) is 1.35. The normalized spacial score (nSPS) is 12.2. The first kappa shape index (κ1) is 17.6. The largest absolute Gasteiger partial charge is 0.382 e. The number of aromatic nitrogens is 3. The summed E-state index contributed by atoms with van der Waals surface area (Å²) >= 11 is 0. The van der Waals surface area contributed by atoms with Crippen molar-refractivity contribution in [3.05, 3.63) is 30.1 Å². The molecule has 2 N–H and O–H groups in total. The summed E-state index contributed by atoms with van der Waals surface area (Å²) in [5.41, 5.74) is 8.58. The third-order valence-corrected chi connectivity index (χ3v) is 4.97. The Labute approximate surface area is 146 Å². The molecule has 3 rings (SSSR count). The molecule has 134 valence electrons. The Morgan fingerprint density at radius 2 is 1.96 bits per heavy atom. The van der Waals surface area contributed by atoms with E-state index in [2.05, 4.69) is 14.5 Å². The lowest BCUT2D eigenvalue weighted by molar-refractivity contribution is 0.140. The number of fused-ring (bicyclic) bond motifs is 3. The Morgan fingerprint density at radius 1 is 1.20 bits per heavy atom. The molecule has 0 unspecified atom stereocenters. The van der Waals surface area contributed by atoms with Gasteiger partial charge in [0.1, 0.15) is 21.2 Å². The fraction of sp³-hybridized carbons (Fsp3) is 0.412.